The molecule has 1 heterocycles. The number of carbonyl (C=O) groups is 2. The van der Waals surface area contributed by atoms with Crippen molar-refractivity contribution in [1.29, 1.82) is 0 Å². The fourth-order valence-corrected chi connectivity index (χ4v) is 2.14. The van der Waals surface area contributed by atoms with Crippen molar-refractivity contribution < 1.29 is 14.3 Å². The zero-order valence-corrected chi connectivity index (χ0v) is 12.5. The van der Waals surface area contributed by atoms with Gasteiger partial charge in [0.2, 0.25) is 11.8 Å². The summed E-state index contributed by atoms with van der Waals surface area (Å²) in [5.41, 5.74) is 0.681. The summed E-state index contributed by atoms with van der Waals surface area (Å²) in [6, 6.07) is 7.42. The zero-order chi connectivity index (χ0) is 15.2. The first-order valence-electron chi connectivity index (χ1n) is 7.35. The molecular weight excluding hydrogens is 268 g/mol. The second kappa shape index (κ2) is 7.11. The highest BCUT2D eigenvalue weighted by molar-refractivity contribution is 5.95. The first-order valence-corrected chi connectivity index (χ1v) is 7.35. The molecule has 1 aliphatic rings. The number of amides is 2. The standard InChI is InChI=1S/C16H22N2O3/c1-11(2)10-21-14-6-4-3-5-13(14)18-16(20)12-7-8-15(19)17-9-12/h3-6,11-12H,7-10H2,1-2H3,(H,17,19)(H,18,20). The predicted molar refractivity (Wildman–Crippen MR) is 81.1 cm³/mol. The van der Waals surface area contributed by atoms with Crippen molar-refractivity contribution in [3.8, 4) is 5.75 Å². The van der Waals surface area contributed by atoms with E-state index in [1.807, 2.05) is 24.3 Å². The topological polar surface area (TPSA) is 67.4 Å². The third kappa shape index (κ3) is 4.48. The van der Waals surface area contributed by atoms with Crippen molar-refractivity contribution in [2.24, 2.45) is 11.8 Å². The minimum absolute atomic E-state index is 0.0136. The van der Waals surface area contributed by atoms with E-state index in [9.17, 15) is 9.59 Å². The maximum atomic E-state index is 12.2. The Hall–Kier alpha value is -2.04. The third-order valence-corrected chi connectivity index (χ3v) is 3.35. The molecule has 1 fully saturated rings. The SMILES string of the molecule is CC(C)COc1ccccc1NC(=O)C1CCC(=O)NC1. The molecule has 0 saturated carbocycles. The Morgan fingerprint density at radius 1 is 1.43 bits per heavy atom. The number of hydrogen-bond donors (Lipinski definition) is 2. The Kier molecular flexibility index (Phi) is 5.20. The summed E-state index contributed by atoms with van der Waals surface area (Å²) in [5, 5.41) is 5.63. The monoisotopic (exact) mass is 290 g/mol. The lowest BCUT2D eigenvalue weighted by Gasteiger charge is -2.22. The largest absolute Gasteiger partial charge is 0.491 e. The quantitative estimate of drug-likeness (QED) is 0.873. The number of anilines is 1. The van der Waals surface area contributed by atoms with Crippen LogP contribution < -0.4 is 15.4 Å². The molecule has 0 bridgehead atoms. The lowest BCUT2D eigenvalue weighted by molar-refractivity contribution is -0.126. The second-order valence-electron chi connectivity index (χ2n) is 5.73. The van der Waals surface area contributed by atoms with Gasteiger partial charge in [-0.1, -0.05) is 26.0 Å². The molecule has 2 amide bonds. The van der Waals surface area contributed by atoms with Gasteiger partial charge in [-0.05, 0) is 24.5 Å². The number of benzene rings is 1. The molecule has 1 atom stereocenters. The third-order valence-electron chi connectivity index (χ3n) is 3.35. The van der Waals surface area contributed by atoms with Crippen LogP contribution in [-0.4, -0.2) is 25.0 Å². The van der Waals surface area contributed by atoms with Crippen molar-refractivity contribution in [2.45, 2.75) is 26.7 Å². The first-order chi connectivity index (χ1) is 10.1. The van der Waals surface area contributed by atoms with Gasteiger partial charge in [0.05, 0.1) is 18.2 Å². The van der Waals surface area contributed by atoms with E-state index in [-0.39, 0.29) is 17.7 Å². The summed E-state index contributed by atoms with van der Waals surface area (Å²) in [6.07, 6.45) is 0.996. The molecule has 0 spiro atoms. The van der Waals surface area contributed by atoms with Gasteiger partial charge in [-0.2, -0.15) is 0 Å². The number of carbonyl (C=O) groups excluding carboxylic acids is 2. The van der Waals surface area contributed by atoms with Crippen molar-refractivity contribution in [2.75, 3.05) is 18.5 Å². The molecule has 114 valence electrons. The van der Waals surface area contributed by atoms with Crippen molar-refractivity contribution in [3.63, 3.8) is 0 Å². The van der Waals surface area contributed by atoms with Crippen LogP contribution in [0.15, 0.2) is 24.3 Å². The van der Waals surface area contributed by atoms with Crippen LogP contribution in [0.2, 0.25) is 0 Å². The summed E-state index contributed by atoms with van der Waals surface area (Å²) in [7, 11) is 0. The fourth-order valence-electron chi connectivity index (χ4n) is 2.14. The van der Waals surface area contributed by atoms with Crippen molar-refractivity contribution in [3.05, 3.63) is 24.3 Å². The molecule has 1 saturated heterocycles. The number of nitrogens with one attached hydrogen (secondary N) is 2. The van der Waals surface area contributed by atoms with Gasteiger partial charge in [-0.3, -0.25) is 9.59 Å². The van der Waals surface area contributed by atoms with Crippen molar-refractivity contribution >= 4 is 17.5 Å². The molecular formula is C16H22N2O3. The molecule has 5 nitrogen and oxygen atoms in total. The molecule has 2 rings (SSSR count). The molecule has 2 N–H and O–H groups in total. The Morgan fingerprint density at radius 3 is 2.86 bits per heavy atom. The van der Waals surface area contributed by atoms with Crippen LogP contribution in [0, 0.1) is 11.8 Å². The van der Waals surface area contributed by atoms with E-state index in [4.69, 9.17) is 4.74 Å². The van der Waals surface area contributed by atoms with Gasteiger partial charge >= 0.3 is 0 Å². The van der Waals surface area contributed by atoms with Gasteiger partial charge in [0.1, 0.15) is 5.75 Å². The Labute approximate surface area is 125 Å². The number of para-hydroxylation sites is 2. The van der Waals surface area contributed by atoms with Crippen LogP contribution in [0.3, 0.4) is 0 Å². The average Bonchev–Trinajstić information content (AvgIpc) is 2.47. The van der Waals surface area contributed by atoms with E-state index in [1.54, 1.807) is 0 Å². The molecule has 1 unspecified atom stereocenters. The van der Waals surface area contributed by atoms with Crippen LogP contribution in [0.25, 0.3) is 0 Å². The van der Waals surface area contributed by atoms with Crippen LogP contribution in [0.4, 0.5) is 5.69 Å². The second-order valence-corrected chi connectivity index (χ2v) is 5.73. The Bertz CT molecular complexity index is 504. The number of ether oxygens (including phenoxy) is 1. The summed E-state index contributed by atoms with van der Waals surface area (Å²) < 4.78 is 5.72. The van der Waals surface area contributed by atoms with Gasteiger partial charge in [0, 0.05) is 13.0 Å². The van der Waals surface area contributed by atoms with Gasteiger partial charge in [-0.25, -0.2) is 0 Å². The molecule has 5 heteroatoms. The molecule has 0 radical (unpaired) electrons. The molecule has 1 aliphatic heterocycles. The maximum absolute atomic E-state index is 12.2. The van der Waals surface area contributed by atoms with E-state index in [2.05, 4.69) is 24.5 Å². The minimum atomic E-state index is -0.180. The predicted octanol–water partition coefficient (Wildman–Crippen LogP) is 2.19. The van der Waals surface area contributed by atoms with E-state index >= 15 is 0 Å². The molecule has 0 aromatic heterocycles. The minimum Gasteiger partial charge on any atom is -0.491 e. The molecule has 1 aromatic rings. The average molecular weight is 290 g/mol. The van der Waals surface area contributed by atoms with Crippen LogP contribution in [0.1, 0.15) is 26.7 Å². The fraction of sp³-hybridized carbons (Fsp3) is 0.500. The van der Waals surface area contributed by atoms with E-state index in [0.717, 1.165) is 0 Å². The van der Waals surface area contributed by atoms with Crippen LogP contribution in [0.5, 0.6) is 5.75 Å². The van der Waals surface area contributed by atoms with Crippen LogP contribution in [-0.2, 0) is 9.59 Å². The van der Waals surface area contributed by atoms with Gasteiger partial charge in [-0.15, -0.1) is 0 Å². The molecule has 1 aromatic carbocycles. The first kappa shape index (κ1) is 15.4. The van der Waals surface area contributed by atoms with Gasteiger partial charge in [0.15, 0.2) is 0 Å². The number of rotatable bonds is 5. The van der Waals surface area contributed by atoms with Gasteiger partial charge < -0.3 is 15.4 Å². The zero-order valence-electron chi connectivity index (χ0n) is 12.5. The number of piperidine rings is 1. The summed E-state index contributed by atoms with van der Waals surface area (Å²) >= 11 is 0. The van der Waals surface area contributed by atoms with E-state index in [1.165, 1.54) is 0 Å². The highest BCUT2D eigenvalue weighted by Crippen LogP contribution is 2.25. The van der Waals surface area contributed by atoms with E-state index < -0.39 is 0 Å². The lowest BCUT2D eigenvalue weighted by atomic mass is 9.98. The summed E-state index contributed by atoms with van der Waals surface area (Å²) in [5.74, 6) is 0.859. The molecule has 21 heavy (non-hydrogen) atoms. The Morgan fingerprint density at radius 2 is 2.19 bits per heavy atom. The summed E-state index contributed by atoms with van der Waals surface area (Å²) in [4.78, 5) is 23.4. The van der Waals surface area contributed by atoms with E-state index in [0.29, 0.717) is 43.3 Å². The maximum Gasteiger partial charge on any atom is 0.229 e. The van der Waals surface area contributed by atoms with Crippen LogP contribution >= 0.6 is 0 Å². The van der Waals surface area contributed by atoms with Crippen molar-refractivity contribution in [1.82, 2.24) is 5.32 Å². The smallest absolute Gasteiger partial charge is 0.229 e. The van der Waals surface area contributed by atoms with Gasteiger partial charge in [0.25, 0.3) is 0 Å². The normalized spacial score (nSPS) is 18.2. The Balaban J connectivity index is 1.98. The summed E-state index contributed by atoms with van der Waals surface area (Å²) in [6.45, 7) is 5.16. The highest BCUT2D eigenvalue weighted by Gasteiger charge is 2.25. The highest BCUT2D eigenvalue weighted by atomic mass is 16.5. The number of hydrogen-bond acceptors (Lipinski definition) is 3. The molecule has 0 aliphatic carbocycles. The lowest BCUT2D eigenvalue weighted by Crippen LogP contribution is -2.40.